The van der Waals surface area contributed by atoms with Crippen LogP contribution in [0.25, 0.3) is 0 Å². The summed E-state index contributed by atoms with van der Waals surface area (Å²) in [4.78, 5) is 8.73. The van der Waals surface area contributed by atoms with Crippen LogP contribution in [-0.2, 0) is 13.0 Å². The van der Waals surface area contributed by atoms with Crippen LogP contribution in [0.1, 0.15) is 11.4 Å². The van der Waals surface area contributed by atoms with Gasteiger partial charge in [-0.05, 0) is 24.7 Å². The normalized spacial score (nSPS) is 10.4. The molecule has 0 aliphatic rings. The summed E-state index contributed by atoms with van der Waals surface area (Å²) in [6.45, 7) is 1.62. The Hall–Kier alpha value is -1.46. The van der Waals surface area contributed by atoms with Gasteiger partial charge in [0.25, 0.3) is 0 Å². The highest BCUT2D eigenvalue weighted by Crippen LogP contribution is 2.16. The Bertz CT molecular complexity index is 530. The van der Waals surface area contributed by atoms with Gasteiger partial charge in [-0.3, -0.25) is 0 Å². The van der Waals surface area contributed by atoms with Gasteiger partial charge in [0.2, 0.25) is 0 Å². The number of hydrogen-bond acceptors (Lipinski definition) is 4. The number of rotatable bonds is 6. The Morgan fingerprint density at radius 3 is 2.84 bits per heavy atom. The molecular weight excluding hydrogens is 304 g/mol. The minimum absolute atomic E-state index is 0.740. The lowest BCUT2D eigenvalue weighted by Crippen LogP contribution is -2.13. The van der Waals surface area contributed by atoms with Crippen LogP contribution in [0.5, 0.6) is 0 Å². The van der Waals surface area contributed by atoms with E-state index in [1.165, 1.54) is 5.56 Å². The van der Waals surface area contributed by atoms with Crippen molar-refractivity contribution < 1.29 is 0 Å². The molecule has 2 aromatic rings. The number of likely N-dealkylation sites (N-methyl/N-ethyl adjacent to an activating group) is 1. The van der Waals surface area contributed by atoms with Gasteiger partial charge in [-0.1, -0.05) is 34.1 Å². The molecule has 1 aromatic carbocycles. The minimum Gasteiger partial charge on any atom is -0.366 e. The van der Waals surface area contributed by atoms with Gasteiger partial charge in [0.15, 0.2) is 0 Å². The molecule has 5 heteroatoms. The van der Waals surface area contributed by atoms with Gasteiger partial charge in [0, 0.05) is 30.2 Å². The van der Waals surface area contributed by atoms with Gasteiger partial charge >= 0.3 is 0 Å². The quantitative estimate of drug-likeness (QED) is 0.859. The molecule has 2 N–H and O–H groups in total. The Kier molecular flexibility index (Phi) is 5.30. The number of aromatic nitrogens is 2. The molecule has 2 rings (SSSR count). The van der Waals surface area contributed by atoms with Crippen molar-refractivity contribution in [1.82, 2.24) is 15.3 Å². The topological polar surface area (TPSA) is 49.8 Å². The number of hydrogen-bond donors (Lipinski definition) is 2. The summed E-state index contributed by atoms with van der Waals surface area (Å²) in [7, 11) is 1.93. The fourth-order valence-electron chi connectivity index (χ4n) is 1.68. The maximum absolute atomic E-state index is 4.48. The summed E-state index contributed by atoms with van der Waals surface area (Å²) in [5, 5.41) is 6.41. The summed E-state index contributed by atoms with van der Waals surface area (Å²) in [6.07, 6.45) is 2.63. The first-order valence-electron chi connectivity index (χ1n) is 6.23. The van der Waals surface area contributed by atoms with Crippen molar-refractivity contribution in [2.75, 3.05) is 18.9 Å². The minimum atomic E-state index is 0.740. The van der Waals surface area contributed by atoms with Crippen LogP contribution >= 0.6 is 15.9 Å². The van der Waals surface area contributed by atoms with E-state index in [1.54, 1.807) is 6.20 Å². The Morgan fingerprint density at radius 2 is 2.05 bits per heavy atom. The van der Waals surface area contributed by atoms with E-state index in [2.05, 4.69) is 42.6 Å². The number of nitrogens with zero attached hydrogens (tertiary/aromatic N) is 2. The zero-order chi connectivity index (χ0) is 13.5. The van der Waals surface area contributed by atoms with Crippen LogP contribution in [0.4, 0.5) is 5.82 Å². The predicted octanol–water partition coefficient (Wildman–Crippen LogP) is 2.61. The average Bonchev–Trinajstić information content (AvgIpc) is 2.45. The molecule has 0 unspecified atom stereocenters. The van der Waals surface area contributed by atoms with Crippen molar-refractivity contribution in [3.63, 3.8) is 0 Å². The van der Waals surface area contributed by atoms with Crippen LogP contribution in [0, 0.1) is 0 Å². The molecule has 0 saturated carbocycles. The monoisotopic (exact) mass is 320 g/mol. The second-order valence-corrected chi connectivity index (χ2v) is 5.01. The highest BCUT2D eigenvalue weighted by molar-refractivity contribution is 9.10. The standard InChI is InChI=1S/C14H17BrN4/c1-16-8-6-13-17-9-7-14(19-13)18-10-11-4-2-3-5-12(11)15/h2-5,7,9,16H,6,8,10H2,1H3,(H,17,18,19). The summed E-state index contributed by atoms with van der Waals surface area (Å²) in [5.41, 5.74) is 1.21. The Balaban J connectivity index is 1.98. The smallest absolute Gasteiger partial charge is 0.131 e. The number of nitrogens with one attached hydrogen (secondary N) is 2. The lowest BCUT2D eigenvalue weighted by atomic mass is 10.2. The highest BCUT2D eigenvalue weighted by atomic mass is 79.9. The first-order chi connectivity index (χ1) is 9.29. The third-order valence-electron chi connectivity index (χ3n) is 2.72. The van der Waals surface area contributed by atoms with E-state index in [0.717, 1.165) is 35.6 Å². The number of halogens is 1. The molecule has 0 aliphatic carbocycles. The largest absolute Gasteiger partial charge is 0.366 e. The average molecular weight is 321 g/mol. The Morgan fingerprint density at radius 1 is 1.21 bits per heavy atom. The van der Waals surface area contributed by atoms with Gasteiger partial charge < -0.3 is 10.6 Å². The van der Waals surface area contributed by atoms with Crippen molar-refractivity contribution in [3.8, 4) is 0 Å². The Labute approximate surface area is 121 Å². The maximum atomic E-state index is 4.48. The fourth-order valence-corrected chi connectivity index (χ4v) is 2.11. The molecule has 19 heavy (non-hydrogen) atoms. The molecule has 1 heterocycles. The predicted molar refractivity (Wildman–Crippen MR) is 81.1 cm³/mol. The summed E-state index contributed by atoms with van der Waals surface area (Å²) in [6, 6.07) is 10.0. The molecule has 0 amide bonds. The van der Waals surface area contributed by atoms with Crippen LogP contribution < -0.4 is 10.6 Å². The van der Waals surface area contributed by atoms with Crippen LogP contribution in [-0.4, -0.2) is 23.6 Å². The number of benzene rings is 1. The second kappa shape index (κ2) is 7.21. The van der Waals surface area contributed by atoms with Gasteiger partial charge in [0.05, 0.1) is 0 Å². The summed E-state index contributed by atoms with van der Waals surface area (Å²) >= 11 is 3.54. The summed E-state index contributed by atoms with van der Waals surface area (Å²) in [5.74, 6) is 1.71. The molecule has 100 valence electrons. The van der Waals surface area contributed by atoms with Crippen LogP contribution in [0.15, 0.2) is 41.0 Å². The fraction of sp³-hybridized carbons (Fsp3) is 0.286. The van der Waals surface area contributed by atoms with Crippen molar-refractivity contribution in [1.29, 1.82) is 0 Å². The van der Waals surface area contributed by atoms with Crippen molar-refractivity contribution in [2.24, 2.45) is 0 Å². The molecule has 1 aromatic heterocycles. The zero-order valence-electron chi connectivity index (χ0n) is 10.9. The molecule has 4 nitrogen and oxygen atoms in total. The molecule has 0 bridgehead atoms. The number of anilines is 1. The third-order valence-corrected chi connectivity index (χ3v) is 3.50. The molecule has 0 saturated heterocycles. The van der Waals surface area contributed by atoms with Gasteiger partial charge in [0.1, 0.15) is 11.6 Å². The SMILES string of the molecule is CNCCc1nccc(NCc2ccccc2Br)n1. The zero-order valence-corrected chi connectivity index (χ0v) is 12.4. The van der Waals surface area contributed by atoms with Crippen LogP contribution in [0.3, 0.4) is 0 Å². The third kappa shape index (κ3) is 4.29. The van der Waals surface area contributed by atoms with E-state index in [4.69, 9.17) is 0 Å². The van der Waals surface area contributed by atoms with E-state index in [1.807, 2.05) is 31.3 Å². The maximum Gasteiger partial charge on any atom is 0.131 e. The molecule has 0 fully saturated rings. The van der Waals surface area contributed by atoms with Crippen LogP contribution in [0.2, 0.25) is 0 Å². The van der Waals surface area contributed by atoms with Gasteiger partial charge in [-0.2, -0.15) is 0 Å². The first kappa shape index (κ1) is 14.0. The molecular formula is C14H17BrN4. The van der Waals surface area contributed by atoms with Gasteiger partial charge in [-0.25, -0.2) is 9.97 Å². The van der Waals surface area contributed by atoms with E-state index in [9.17, 15) is 0 Å². The van der Waals surface area contributed by atoms with E-state index >= 15 is 0 Å². The summed E-state index contributed by atoms with van der Waals surface area (Å²) < 4.78 is 1.10. The van der Waals surface area contributed by atoms with Crippen molar-refractivity contribution in [2.45, 2.75) is 13.0 Å². The molecule has 0 aliphatic heterocycles. The van der Waals surface area contributed by atoms with E-state index in [0.29, 0.717) is 0 Å². The van der Waals surface area contributed by atoms with Gasteiger partial charge in [-0.15, -0.1) is 0 Å². The second-order valence-electron chi connectivity index (χ2n) is 4.16. The van der Waals surface area contributed by atoms with E-state index < -0.39 is 0 Å². The molecule has 0 spiro atoms. The van der Waals surface area contributed by atoms with Crippen molar-refractivity contribution >= 4 is 21.7 Å². The molecule has 0 radical (unpaired) electrons. The lowest BCUT2D eigenvalue weighted by molar-refractivity contribution is 0.755. The van der Waals surface area contributed by atoms with Crippen molar-refractivity contribution in [3.05, 3.63) is 52.4 Å². The molecule has 0 atom stereocenters. The highest BCUT2D eigenvalue weighted by Gasteiger charge is 2.01. The van der Waals surface area contributed by atoms with E-state index in [-0.39, 0.29) is 0 Å². The lowest BCUT2D eigenvalue weighted by Gasteiger charge is -2.08. The first-order valence-corrected chi connectivity index (χ1v) is 7.02.